The van der Waals surface area contributed by atoms with Gasteiger partial charge in [-0.25, -0.2) is 13.2 Å². The molecule has 1 fully saturated rings. The van der Waals surface area contributed by atoms with Gasteiger partial charge < -0.3 is 5.11 Å². The lowest BCUT2D eigenvalue weighted by Crippen LogP contribution is -2.09. The maximum atomic E-state index is 13.4. The number of aliphatic hydroxyl groups is 1. The average molecular weight is 244 g/mol. The van der Waals surface area contributed by atoms with Gasteiger partial charge in [-0.05, 0) is 12.3 Å². The predicted octanol–water partition coefficient (Wildman–Crippen LogP) is 3.72. The van der Waals surface area contributed by atoms with Crippen molar-refractivity contribution < 1.29 is 18.3 Å². The van der Waals surface area contributed by atoms with Gasteiger partial charge in [0, 0.05) is 12.1 Å². The molecule has 0 spiro atoms. The smallest absolute Gasteiger partial charge is 0.134 e. The van der Waals surface area contributed by atoms with E-state index in [1.54, 1.807) is 0 Å². The van der Waals surface area contributed by atoms with Gasteiger partial charge in [-0.15, -0.1) is 0 Å². The monoisotopic (exact) mass is 244 g/mol. The Morgan fingerprint density at radius 1 is 1.12 bits per heavy atom. The van der Waals surface area contributed by atoms with Gasteiger partial charge in [0.25, 0.3) is 0 Å². The molecule has 1 atom stereocenters. The molecule has 1 aliphatic rings. The van der Waals surface area contributed by atoms with Crippen molar-refractivity contribution in [3.63, 3.8) is 0 Å². The van der Waals surface area contributed by atoms with Crippen molar-refractivity contribution in [1.29, 1.82) is 0 Å². The summed E-state index contributed by atoms with van der Waals surface area (Å²) < 4.78 is 39.5. The van der Waals surface area contributed by atoms with E-state index in [2.05, 4.69) is 0 Å². The Morgan fingerprint density at radius 2 is 1.65 bits per heavy atom. The second-order valence-corrected chi connectivity index (χ2v) is 4.69. The van der Waals surface area contributed by atoms with Crippen molar-refractivity contribution >= 4 is 0 Å². The van der Waals surface area contributed by atoms with Gasteiger partial charge in [0.05, 0.1) is 11.7 Å². The Hall–Kier alpha value is -1.03. The second-order valence-electron chi connectivity index (χ2n) is 4.69. The number of hydrogen-bond donors (Lipinski definition) is 1. The topological polar surface area (TPSA) is 20.2 Å². The maximum absolute atomic E-state index is 13.4. The summed E-state index contributed by atoms with van der Waals surface area (Å²) in [4.78, 5) is 0. The summed E-state index contributed by atoms with van der Waals surface area (Å²) in [5.74, 6) is -2.66. The fourth-order valence-corrected chi connectivity index (χ4v) is 2.55. The first-order chi connectivity index (χ1) is 8.08. The zero-order valence-corrected chi connectivity index (χ0v) is 9.43. The van der Waals surface area contributed by atoms with E-state index >= 15 is 0 Å². The molecule has 0 aliphatic heterocycles. The molecule has 1 saturated carbocycles. The fourth-order valence-electron chi connectivity index (χ4n) is 2.55. The largest absolute Gasteiger partial charge is 0.388 e. The average Bonchev–Trinajstić information content (AvgIpc) is 2.68. The Kier molecular flexibility index (Phi) is 3.72. The third kappa shape index (κ3) is 2.80. The molecule has 2 rings (SSSR count). The van der Waals surface area contributed by atoms with E-state index in [0.29, 0.717) is 24.5 Å². The highest BCUT2D eigenvalue weighted by Crippen LogP contribution is 2.34. The lowest BCUT2D eigenvalue weighted by molar-refractivity contribution is 0.136. The van der Waals surface area contributed by atoms with E-state index in [1.807, 2.05) is 0 Å². The van der Waals surface area contributed by atoms with E-state index in [4.69, 9.17) is 0 Å². The minimum Gasteiger partial charge on any atom is -0.388 e. The van der Waals surface area contributed by atoms with E-state index in [0.717, 1.165) is 25.7 Å². The summed E-state index contributed by atoms with van der Waals surface area (Å²) in [5, 5.41) is 9.83. The third-order valence-corrected chi connectivity index (χ3v) is 3.41. The highest BCUT2D eigenvalue weighted by atomic mass is 19.1. The summed E-state index contributed by atoms with van der Waals surface area (Å²) in [6.07, 6.45) is 3.35. The van der Waals surface area contributed by atoms with Crippen LogP contribution in [0.1, 0.15) is 43.8 Å². The molecule has 1 aromatic rings. The van der Waals surface area contributed by atoms with Crippen molar-refractivity contribution in [2.45, 2.75) is 38.2 Å². The van der Waals surface area contributed by atoms with E-state index in [1.165, 1.54) is 0 Å². The number of benzene rings is 1. The van der Waals surface area contributed by atoms with Crippen LogP contribution in [0.4, 0.5) is 13.2 Å². The Labute approximate surface area is 98.3 Å². The van der Waals surface area contributed by atoms with Crippen molar-refractivity contribution in [3.05, 3.63) is 35.1 Å². The molecule has 1 N–H and O–H groups in total. The van der Waals surface area contributed by atoms with Gasteiger partial charge in [0.2, 0.25) is 0 Å². The molecule has 0 aromatic heterocycles. The van der Waals surface area contributed by atoms with Gasteiger partial charge in [-0.1, -0.05) is 25.7 Å². The van der Waals surface area contributed by atoms with Crippen LogP contribution in [0.2, 0.25) is 0 Å². The summed E-state index contributed by atoms with van der Waals surface area (Å²) >= 11 is 0. The molecule has 1 aromatic carbocycles. The Morgan fingerprint density at radius 3 is 2.18 bits per heavy atom. The van der Waals surface area contributed by atoms with Crippen LogP contribution in [0.3, 0.4) is 0 Å². The fraction of sp³-hybridized carbons (Fsp3) is 0.538. The normalized spacial score (nSPS) is 18.6. The van der Waals surface area contributed by atoms with E-state index in [9.17, 15) is 18.3 Å². The lowest BCUT2D eigenvalue weighted by atomic mass is 9.95. The molecule has 0 radical (unpaired) electrons. The summed E-state index contributed by atoms with van der Waals surface area (Å²) in [6.45, 7) is 0. The first-order valence-electron chi connectivity index (χ1n) is 5.90. The molecule has 1 nitrogen and oxygen atoms in total. The number of aliphatic hydroxyl groups excluding tert-OH is 1. The third-order valence-electron chi connectivity index (χ3n) is 3.41. The zero-order valence-electron chi connectivity index (χ0n) is 9.43. The first kappa shape index (κ1) is 12.4. The van der Waals surface area contributed by atoms with Gasteiger partial charge >= 0.3 is 0 Å². The maximum Gasteiger partial charge on any atom is 0.134 e. The molecule has 1 aliphatic carbocycles. The van der Waals surface area contributed by atoms with Gasteiger partial charge in [0.1, 0.15) is 17.5 Å². The molecule has 4 heteroatoms. The predicted molar refractivity (Wildman–Crippen MR) is 57.9 cm³/mol. The van der Waals surface area contributed by atoms with Crippen molar-refractivity contribution in [3.8, 4) is 0 Å². The SMILES string of the molecule is OC(CC1CCCC1)c1c(F)cc(F)cc1F. The first-order valence-corrected chi connectivity index (χ1v) is 5.90. The van der Waals surface area contributed by atoms with Crippen molar-refractivity contribution in [2.75, 3.05) is 0 Å². The zero-order chi connectivity index (χ0) is 12.4. The van der Waals surface area contributed by atoms with Crippen molar-refractivity contribution in [1.82, 2.24) is 0 Å². The van der Waals surface area contributed by atoms with Gasteiger partial charge in [-0.2, -0.15) is 0 Å². The molecule has 0 amide bonds. The van der Waals surface area contributed by atoms with Crippen LogP contribution < -0.4 is 0 Å². The molecule has 0 bridgehead atoms. The number of hydrogen-bond acceptors (Lipinski definition) is 1. The molecule has 0 saturated heterocycles. The van der Waals surface area contributed by atoms with Crippen LogP contribution in [0.15, 0.2) is 12.1 Å². The Balaban J connectivity index is 2.15. The van der Waals surface area contributed by atoms with Crippen molar-refractivity contribution in [2.24, 2.45) is 5.92 Å². The van der Waals surface area contributed by atoms with Gasteiger partial charge in [0.15, 0.2) is 0 Å². The van der Waals surface area contributed by atoms with Crippen LogP contribution in [0.25, 0.3) is 0 Å². The summed E-state index contributed by atoms with van der Waals surface area (Å²) in [6, 6.07) is 1.21. The molecule has 0 heterocycles. The van der Waals surface area contributed by atoms with Crippen LogP contribution in [-0.2, 0) is 0 Å². The Bertz CT molecular complexity index is 377. The molecule has 1 unspecified atom stereocenters. The highest BCUT2D eigenvalue weighted by molar-refractivity contribution is 5.23. The molecular weight excluding hydrogens is 229 g/mol. The quantitative estimate of drug-likeness (QED) is 0.859. The highest BCUT2D eigenvalue weighted by Gasteiger charge is 2.24. The number of rotatable bonds is 3. The van der Waals surface area contributed by atoms with Crippen LogP contribution in [-0.4, -0.2) is 5.11 Å². The van der Waals surface area contributed by atoms with Crippen LogP contribution in [0.5, 0.6) is 0 Å². The molecule has 94 valence electrons. The molecule has 17 heavy (non-hydrogen) atoms. The lowest BCUT2D eigenvalue weighted by Gasteiger charge is -2.16. The minimum atomic E-state index is -1.18. The summed E-state index contributed by atoms with van der Waals surface area (Å²) in [7, 11) is 0. The van der Waals surface area contributed by atoms with E-state index in [-0.39, 0.29) is 0 Å². The number of halogens is 3. The van der Waals surface area contributed by atoms with E-state index < -0.39 is 29.1 Å². The van der Waals surface area contributed by atoms with Gasteiger partial charge in [-0.3, -0.25) is 0 Å². The minimum absolute atomic E-state index is 0.314. The standard InChI is InChI=1S/C13H15F3O/c14-9-6-10(15)13(11(16)7-9)12(17)5-8-3-1-2-4-8/h6-8,12,17H,1-5H2. The second kappa shape index (κ2) is 5.08. The van der Waals surface area contributed by atoms with Crippen LogP contribution in [0, 0.1) is 23.4 Å². The molecular formula is C13H15F3O. The van der Waals surface area contributed by atoms with Crippen LogP contribution >= 0.6 is 0 Å². The summed E-state index contributed by atoms with van der Waals surface area (Å²) in [5.41, 5.74) is -0.404.